The zero-order valence-electron chi connectivity index (χ0n) is 10.5. The van der Waals surface area contributed by atoms with Crippen molar-refractivity contribution >= 4 is 16.7 Å². The van der Waals surface area contributed by atoms with Crippen molar-refractivity contribution in [3.63, 3.8) is 0 Å². The van der Waals surface area contributed by atoms with Gasteiger partial charge in [0.25, 0.3) is 0 Å². The summed E-state index contributed by atoms with van der Waals surface area (Å²) in [6.07, 6.45) is 0. The molecule has 2 aromatic carbocycles. The molecule has 0 unspecified atom stereocenters. The molecule has 2 N–H and O–H groups in total. The van der Waals surface area contributed by atoms with Crippen molar-refractivity contribution in [3.05, 3.63) is 76.1 Å². The molecule has 4 nitrogen and oxygen atoms in total. The van der Waals surface area contributed by atoms with Gasteiger partial charge in [-0.3, -0.25) is 5.41 Å². The Morgan fingerprint density at radius 1 is 1.00 bits per heavy atom. The highest BCUT2D eigenvalue weighted by Crippen LogP contribution is 2.27. The first kappa shape index (κ1) is 12.2. The monoisotopic (exact) mass is 265 g/mol. The Bertz CT molecular complexity index is 850. The average molecular weight is 265 g/mol. The SMILES string of the molecule is N=C(c1ccccc1)c1c(O)c2ccccc2oc1=O. The lowest BCUT2D eigenvalue weighted by molar-refractivity contribution is 0.466. The summed E-state index contributed by atoms with van der Waals surface area (Å²) in [6.45, 7) is 0. The topological polar surface area (TPSA) is 74.3 Å². The summed E-state index contributed by atoms with van der Waals surface area (Å²) < 4.78 is 5.16. The van der Waals surface area contributed by atoms with E-state index in [0.717, 1.165) is 0 Å². The van der Waals surface area contributed by atoms with Gasteiger partial charge in [0.05, 0.1) is 11.1 Å². The van der Waals surface area contributed by atoms with Crippen LogP contribution in [0.5, 0.6) is 5.75 Å². The number of benzene rings is 2. The van der Waals surface area contributed by atoms with Crippen LogP contribution in [0, 0.1) is 5.41 Å². The first-order valence-electron chi connectivity index (χ1n) is 6.07. The maximum Gasteiger partial charge on any atom is 0.349 e. The van der Waals surface area contributed by atoms with Crippen LogP contribution >= 0.6 is 0 Å². The van der Waals surface area contributed by atoms with Crippen LogP contribution in [0.2, 0.25) is 0 Å². The van der Waals surface area contributed by atoms with Crippen molar-refractivity contribution < 1.29 is 9.52 Å². The van der Waals surface area contributed by atoms with Crippen LogP contribution in [0.4, 0.5) is 0 Å². The van der Waals surface area contributed by atoms with Gasteiger partial charge >= 0.3 is 5.63 Å². The summed E-state index contributed by atoms with van der Waals surface area (Å²) in [5.74, 6) is -0.217. The van der Waals surface area contributed by atoms with E-state index >= 15 is 0 Å². The maximum absolute atomic E-state index is 12.0. The summed E-state index contributed by atoms with van der Waals surface area (Å²) in [6, 6.07) is 15.5. The summed E-state index contributed by atoms with van der Waals surface area (Å²) in [5.41, 5.74) is -0.0300. The van der Waals surface area contributed by atoms with Gasteiger partial charge in [-0.1, -0.05) is 42.5 Å². The lowest BCUT2D eigenvalue weighted by Gasteiger charge is -2.07. The Morgan fingerprint density at radius 3 is 2.40 bits per heavy atom. The van der Waals surface area contributed by atoms with Gasteiger partial charge < -0.3 is 9.52 Å². The van der Waals surface area contributed by atoms with Crippen molar-refractivity contribution in [1.82, 2.24) is 0 Å². The molecule has 3 aromatic rings. The third-order valence-electron chi connectivity index (χ3n) is 3.10. The molecule has 0 bridgehead atoms. The number of hydrogen-bond donors (Lipinski definition) is 2. The van der Waals surface area contributed by atoms with Gasteiger partial charge in [-0.25, -0.2) is 4.79 Å². The van der Waals surface area contributed by atoms with Gasteiger partial charge in [0.2, 0.25) is 0 Å². The number of para-hydroxylation sites is 1. The number of fused-ring (bicyclic) bond motifs is 1. The van der Waals surface area contributed by atoms with E-state index in [9.17, 15) is 9.90 Å². The van der Waals surface area contributed by atoms with Crippen LogP contribution in [0.1, 0.15) is 11.1 Å². The average Bonchev–Trinajstić information content (AvgIpc) is 2.48. The molecule has 3 rings (SSSR count). The molecule has 0 spiro atoms. The van der Waals surface area contributed by atoms with E-state index in [1.165, 1.54) is 0 Å². The van der Waals surface area contributed by atoms with Crippen molar-refractivity contribution in [2.24, 2.45) is 0 Å². The van der Waals surface area contributed by atoms with Crippen LogP contribution in [-0.2, 0) is 0 Å². The number of rotatable bonds is 2. The molecule has 0 aliphatic heterocycles. The first-order valence-corrected chi connectivity index (χ1v) is 6.07. The van der Waals surface area contributed by atoms with E-state index in [0.29, 0.717) is 16.5 Å². The highest BCUT2D eigenvalue weighted by molar-refractivity contribution is 6.14. The zero-order chi connectivity index (χ0) is 14.1. The fourth-order valence-electron chi connectivity index (χ4n) is 2.10. The molecule has 20 heavy (non-hydrogen) atoms. The Balaban J connectivity index is 2.27. The Kier molecular flexibility index (Phi) is 2.84. The molecule has 1 aromatic heterocycles. The van der Waals surface area contributed by atoms with Gasteiger partial charge in [0.1, 0.15) is 16.9 Å². The second-order valence-corrected chi connectivity index (χ2v) is 4.35. The van der Waals surface area contributed by atoms with Crippen LogP contribution in [-0.4, -0.2) is 10.8 Å². The first-order chi connectivity index (χ1) is 9.68. The standard InChI is InChI=1S/C16H11NO3/c17-14(10-6-2-1-3-7-10)13-15(18)11-8-4-5-9-12(11)20-16(13)19/h1-9,17-18H. The molecule has 0 saturated carbocycles. The minimum Gasteiger partial charge on any atom is -0.506 e. The molecule has 0 amide bonds. The normalized spacial score (nSPS) is 10.6. The van der Waals surface area contributed by atoms with Crippen LogP contribution < -0.4 is 5.63 Å². The summed E-state index contributed by atoms with van der Waals surface area (Å²) in [4.78, 5) is 12.0. The van der Waals surface area contributed by atoms with Gasteiger partial charge in [-0.2, -0.15) is 0 Å². The van der Waals surface area contributed by atoms with Crippen LogP contribution in [0.3, 0.4) is 0 Å². The molecular weight excluding hydrogens is 254 g/mol. The predicted octanol–water partition coefficient (Wildman–Crippen LogP) is 2.91. The van der Waals surface area contributed by atoms with E-state index in [-0.39, 0.29) is 17.0 Å². The molecular formula is C16H11NO3. The molecule has 98 valence electrons. The molecule has 1 heterocycles. The largest absolute Gasteiger partial charge is 0.506 e. The van der Waals surface area contributed by atoms with Gasteiger partial charge in [0.15, 0.2) is 0 Å². The molecule has 4 heteroatoms. The van der Waals surface area contributed by atoms with Gasteiger partial charge in [0, 0.05) is 5.56 Å². The van der Waals surface area contributed by atoms with Gasteiger partial charge in [-0.15, -0.1) is 0 Å². The van der Waals surface area contributed by atoms with Crippen LogP contribution in [0.15, 0.2) is 63.8 Å². The second kappa shape index (κ2) is 4.66. The predicted molar refractivity (Wildman–Crippen MR) is 76.5 cm³/mol. The van der Waals surface area contributed by atoms with E-state index in [1.807, 2.05) is 6.07 Å². The zero-order valence-corrected chi connectivity index (χ0v) is 10.5. The quantitative estimate of drug-likeness (QED) is 0.552. The third-order valence-corrected chi connectivity index (χ3v) is 3.10. The molecule has 0 aliphatic carbocycles. The smallest absolute Gasteiger partial charge is 0.349 e. The van der Waals surface area contributed by atoms with Crippen molar-refractivity contribution in [3.8, 4) is 5.75 Å². The third kappa shape index (κ3) is 1.87. The highest BCUT2D eigenvalue weighted by Gasteiger charge is 2.18. The van der Waals surface area contributed by atoms with Crippen molar-refractivity contribution in [1.29, 1.82) is 5.41 Å². The second-order valence-electron chi connectivity index (χ2n) is 4.35. The Hall–Kier alpha value is -2.88. The summed E-state index contributed by atoms with van der Waals surface area (Å²) >= 11 is 0. The minimum absolute atomic E-state index is 0.0531. The van der Waals surface area contributed by atoms with E-state index in [4.69, 9.17) is 9.83 Å². The number of hydrogen-bond acceptors (Lipinski definition) is 4. The molecule has 0 atom stereocenters. The Morgan fingerprint density at radius 2 is 1.65 bits per heavy atom. The Labute approximate surface area is 114 Å². The van der Waals surface area contributed by atoms with Crippen molar-refractivity contribution in [2.45, 2.75) is 0 Å². The molecule has 0 saturated heterocycles. The summed E-state index contributed by atoms with van der Waals surface area (Å²) in [7, 11) is 0. The van der Waals surface area contributed by atoms with Crippen molar-refractivity contribution in [2.75, 3.05) is 0 Å². The lowest BCUT2D eigenvalue weighted by atomic mass is 10.0. The molecule has 0 fully saturated rings. The molecule has 0 radical (unpaired) electrons. The minimum atomic E-state index is -0.713. The number of nitrogens with one attached hydrogen (secondary N) is 1. The fourth-order valence-corrected chi connectivity index (χ4v) is 2.10. The van der Waals surface area contributed by atoms with E-state index < -0.39 is 5.63 Å². The van der Waals surface area contributed by atoms with E-state index in [1.54, 1.807) is 48.5 Å². The van der Waals surface area contributed by atoms with E-state index in [2.05, 4.69) is 0 Å². The fraction of sp³-hybridized carbons (Fsp3) is 0. The lowest BCUT2D eigenvalue weighted by Crippen LogP contribution is -2.15. The maximum atomic E-state index is 12.0. The number of aromatic hydroxyl groups is 1. The molecule has 0 aliphatic rings. The summed E-state index contributed by atoms with van der Waals surface area (Å²) in [5, 5.41) is 18.8. The van der Waals surface area contributed by atoms with Gasteiger partial charge in [-0.05, 0) is 12.1 Å². The van der Waals surface area contributed by atoms with Crippen LogP contribution in [0.25, 0.3) is 11.0 Å². The highest BCUT2D eigenvalue weighted by atomic mass is 16.4.